The van der Waals surface area contributed by atoms with Crippen molar-refractivity contribution in [2.24, 2.45) is 0 Å². The van der Waals surface area contributed by atoms with Gasteiger partial charge < -0.3 is 10.4 Å². The lowest BCUT2D eigenvalue weighted by molar-refractivity contribution is 0.0698. The van der Waals surface area contributed by atoms with Crippen LogP contribution in [0.1, 0.15) is 21.7 Å². The SMILES string of the molecule is Cc1cc(C)n(-c2cc(Cl)c(Nc3ccccc3C(=O)O)c(Cl)c2)n1. The van der Waals surface area contributed by atoms with Gasteiger partial charge in [0.1, 0.15) is 0 Å². The van der Waals surface area contributed by atoms with Crippen molar-refractivity contribution in [1.82, 2.24) is 9.78 Å². The van der Waals surface area contributed by atoms with Gasteiger partial charge in [0.25, 0.3) is 0 Å². The second kappa shape index (κ2) is 6.78. The average molecular weight is 376 g/mol. The average Bonchev–Trinajstić information content (AvgIpc) is 2.89. The van der Waals surface area contributed by atoms with Crippen LogP contribution >= 0.6 is 23.2 Å². The number of carboxylic acid groups (broad SMARTS) is 1. The normalized spacial score (nSPS) is 10.7. The number of halogens is 2. The summed E-state index contributed by atoms with van der Waals surface area (Å²) < 4.78 is 1.75. The molecule has 0 radical (unpaired) electrons. The topological polar surface area (TPSA) is 67.2 Å². The molecule has 0 fully saturated rings. The number of carboxylic acids is 1. The molecular weight excluding hydrogens is 361 g/mol. The first kappa shape index (κ1) is 17.3. The van der Waals surface area contributed by atoms with Crippen molar-refractivity contribution < 1.29 is 9.90 Å². The standard InChI is InChI=1S/C18H15Cl2N3O2/c1-10-7-11(2)23(22-10)12-8-14(19)17(15(20)9-12)21-16-6-4-3-5-13(16)18(24)25/h3-9,21H,1-2H3,(H,24,25). The predicted octanol–water partition coefficient (Wildman–Crippen LogP) is 5.24. The summed E-state index contributed by atoms with van der Waals surface area (Å²) in [4.78, 5) is 11.3. The Morgan fingerprint density at radius 2 is 1.76 bits per heavy atom. The molecular formula is C18H15Cl2N3O2. The Labute approximate surface area is 154 Å². The fraction of sp³-hybridized carbons (Fsp3) is 0.111. The van der Waals surface area contributed by atoms with Gasteiger partial charge in [0, 0.05) is 5.69 Å². The van der Waals surface area contributed by atoms with Crippen molar-refractivity contribution in [1.29, 1.82) is 0 Å². The Morgan fingerprint density at radius 1 is 1.12 bits per heavy atom. The molecule has 2 aromatic carbocycles. The lowest BCUT2D eigenvalue weighted by atomic mass is 10.1. The van der Waals surface area contributed by atoms with Crippen molar-refractivity contribution in [2.45, 2.75) is 13.8 Å². The number of hydrogen-bond donors (Lipinski definition) is 2. The van der Waals surface area contributed by atoms with Crippen LogP contribution in [-0.2, 0) is 0 Å². The second-order valence-electron chi connectivity index (χ2n) is 5.60. The van der Waals surface area contributed by atoms with Crippen molar-refractivity contribution in [3.8, 4) is 5.69 Å². The molecule has 0 aliphatic carbocycles. The molecule has 0 aliphatic heterocycles. The summed E-state index contributed by atoms with van der Waals surface area (Å²) in [6, 6.07) is 12.0. The summed E-state index contributed by atoms with van der Waals surface area (Å²) in [5.74, 6) is -1.03. The molecule has 0 unspecified atom stereocenters. The molecule has 5 nitrogen and oxygen atoms in total. The molecule has 3 rings (SSSR count). The van der Waals surface area contributed by atoms with Crippen LogP contribution in [0.15, 0.2) is 42.5 Å². The van der Waals surface area contributed by atoms with E-state index in [0.29, 0.717) is 21.4 Å². The molecule has 25 heavy (non-hydrogen) atoms. The minimum Gasteiger partial charge on any atom is -0.478 e. The molecule has 0 atom stereocenters. The Hall–Kier alpha value is -2.50. The highest BCUT2D eigenvalue weighted by Crippen LogP contribution is 2.36. The number of nitrogens with zero attached hydrogens (tertiary/aromatic N) is 2. The van der Waals surface area contributed by atoms with Gasteiger partial charge in [0.05, 0.1) is 38.4 Å². The maximum Gasteiger partial charge on any atom is 0.337 e. The number of benzene rings is 2. The summed E-state index contributed by atoms with van der Waals surface area (Å²) in [5, 5.41) is 17.5. The van der Waals surface area contributed by atoms with Crippen LogP contribution in [0.3, 0.4) is 0 Å². The van der Waals surface area contributed by atoms with E-state index in [1.165, 1.54) is 6.07 Å². The first-order valence-corrected chi connectivity index (χ1v) is 8.24. The zero-order chi connectivity index (χ0) is 18.1. The monoisotopic (exact) mass is 375 g/mol. The third-order valence-corrected chi connectivity index (χ3v) is 4.29. The van der Waals surface area contributed by atoms with Crippen molar-refractivity contribution in [2.75, 3.05) is 5.32 Å². The Morgan fingerprint density at radius 3 is 2.32 bits per heavy atom. The largest absolute Gasteiger partial charge is 0.478 e. The smallest absolute Gasteiger partial charge is 0.337 e. The Balaban J connectivity index is 2.02. The third-order valence-electron chi connectivity index (χ3n) is 3.70. The maximum atomic E-state index is 11.3. The number of aromatic nitrogens is 2. The van der Waals surface area contributed by atoms with E-state index in [1.54, 1.807) is 35.0 Å². The van der Waals surface area contributed by atoms with Gasteiger partial charge in [0.15, 0.2) is 0 Å². The van der Waals surface area contributed by atoms with E-state index in [4.69, 9.17) is 23.2 Å². The van der Waals surface area contributed by atoms with Gasteiger partial charge in [-0.2, -0.15) is 5.10 Å². The number of rotatable bonds is 4. The van der Waals surface area contributed by atoms with E-state index in [1.807, 2.05) is 19.9 Å². The minimum absolute atomic E-state index is 0.136. The Kier molecular flexibility index (Phi) is 4.70. The highest BCUT2D eigenvalue weighted by molar-refractivity contribution is 6.39. The summed E-state index contributed by atoms with van der Waals surface area (Å²) >= 11 is 12.8. The van der Waals surface area contributed by atoms with Crippen LogP contribution in [-0.4, -0.2) is 20.9 Å². The van der Waals surface area contributed by atoms with E-state index in [-0.39, 0.29) is 5.56 Å². The van der Waals surface area contributed by atoms with E-state index in [9.17, 15) is 9.90 Å². The summed E-state index contributed by atoms with van der Waals surface area (Å²) in [7, 11) is 0. The zero-order valence-electron chi connectivity index (χ0n) is 13.5. The summed E-state index contributed by atoms with van der Waals surface area (Å²) in [5.41, 5.74) is 3.58. The van der Waals surface area contributed by atoms with Gasteiger partial charge in [-0.25, -0.2) is 9.48 Å². The van der Waals surface area contributed by atoms with Gasteiger partial charge in [-0.15, -0.1) is 0 Å². The molecule has 0 spiro atoms. The van der Waals surface area contributed by atoms with Crippen LogP contribution in [0.2, 0.25) is 10.0 Å². The number of nitrogens with one attached hydrogen (secondary N) is 1. The van der Waals surface area contributed by atoms with Gasteiger partial charge in [-0.3, -0.25) is 0 Å². The van der Waals surface area contributed by atoms with Crippen LogP contribution in [0.5, 0.6) is 0 Å². The molecule has 0 amide bonds. The number of carbonyl (C=O) groups is 1. The molecule has 0 aliphatic rings. The van der Waals surface area contributed by atoms with E-state index >= 15 is 0 Å². The molecule has 0 saturated heterocycles. The molecule has 128 valence electrons. The van der Waals surface area contributed by atoms with Crippen LogP contribution < -0.4 is 5.32 Å². The summed E-state index contributed by atoms with van der Waals surface area (Å²) in [6.07, 6.45) is 0. The van der Waals surface area contributed by atoms with E-state index in [2.05, 4.69) is 10.4 Å². The third kappa shape index (κ3) is 3.48. The first-order valence-electron chi connectivity index (χ1n) is 7.49. The second-order valence-corrected chi connectivity index (χ2v) is 6.41. The quantitative estimate of drug-likeness (QED) is 0.654. The van der Waals surface area contributed by atoms with Crippen LogP contribution in [0.4, 0.5) is 11.4 Å². The van der Waals surface area contributed by atoms with Crippen LogP contribution in [0, 0.1) is 13.8 Å². The fourth-order valence-electron chi connectivity index (χ4n) is 2.61. The highest BCUT2D eigenvalue weighted by atomic mass is 35.5. The number of aromatic carboxylic acids is 1. The van der Waals surface area contributed by atoms with E-state index < -0.39 is 5.97 Å². The van der Waals surface area contributed by atoms with E-state index in [0.717, 1.165) is 17.1 Å². The van der Waals surface area contributed by atoms with Gasteiger partial charge in [-0.1, -0.05) is 35.3 Å². The van der Waals surface area contributed by atoms with Gasteiger partial charge in [0.2, 0.25) is 0 Å². The van der Waals surface area contributed by atoms with Crippen molar-refractivity contribution in [3.05, 3.63) is 69.5 Å². The van der Waals surface area contributed by atoms with Gasteiger partial charge in [-0.05, 0) is 44.2 Å². The number of hydrogen-bond acceptors (Lipinski definition) is 3. The number of aryl methyl sites for hydroxylation is 2. The Bertz CT molecular complexity index is 944. The predicted molar refractivity (Wildman–Crippen MR) is 99.7 cm³/mol. The fourth-order valence-corrected chi connectivity index (χ4v) is 3.18. The molecule has 0 saturated carbocycles. The molecule has 3 aromatic rings. The minimum atomic E-state index is -1.03. The molecule has 1 heterocycles. The zero-order valence-corrected chi connectivity index (χ0v) is 15.1. The molecule has 0 bridgehead atoms. The van der Waals surface area contributed by atoms with Crippen molar-refractivity contribution in [3.63, 3.8) is 0 Å². The number of anilines is 2. The maximum absolute atomic E-state index is 11.3. The highest BCUT2D eigenvalue weighted by Gasteiger charge is 2.15. The van der Waals surface area contributed by atoms with Gasteiger partial charge >= 0.3 is 5.97 Å². The lowest BCUT2D eigenvalue weighted by Crippen LogP contribution is -2.04. The molecule has 1 aromatic heterocycles. The van der Waals surface area contributed by atoms with Crippen LogP contribution in [0.25, 0.3) is 5.69 Å². The summed E-state index contributed by atoms with van der Waals surface area (Å²) in [6.45, 7) is 3.85. The lowest BCUT2D eigenvalue weighted by Gasteiger charge is -2.14. The number of para-hydroxylation sites is 1. The molecule has 7 heteroatoms. The molecule has 2 N–H and O–H groups in total. The van der Waals surface area contributed by atoms with Crippen molar-refractivity contribution >= 4 is 40.5 Å². The first-order chi connectivity index (χ1) is 11.9.